The van der Waals surface area contributed by atoms with Crippen LogP contribution in [0.3, 0.4) is 0 Å². The summed E-state index contributed by atoms with van der Waals surface area (Å²) in [6.45, 7) is 2.09. The smallest absolute Gasteiger partial charge is 0.317 e. The Balaban J connectivity index is 1.79. The molecule has 2 amide bonds. The second-order valence-electron chi connectivity index (χ2n) is 4.63. The molecule has 0 saturated heterocycles. The van der Waals surface area contributed by atoms with Crippen molar-refractivity contribution >= 4 is 29.2 Å². The van der Waals surface area contributed by atoms with Gasteiger partial charge in [0.2, 0.25) is 0 Å². The molecule has 4 nitrogen and oxygen atoms in total. The molecule has 0 bridgehead atoms. The van der Waals surface area contributed by atoms with E-state index in [1.807, 2.05) is 18.2 Å². The zero-order valence-electron chi connectivity index (χ0n) is 12.0. The number of halogens is 2. The molecule has 0 fully saturated rings. The van der Waals surface area contributed by atoms with E-state index >= 15 is 0 Å². The zero-order valence-corrected chi connectivity index (χ0v) is 13.5. The van der Waals surface area contributed by atoms with Crippen molar-refractivity contribution in [2.24, 2.45) is 0 Å². The van der Waals surface area contributed by atoms with Crippen LogP contribution in [0.4, 0.5) is 4.79 Å². The number of carbonyl (C=O) groups is 1. The average molecular weight is 339 g/mol. The largest absolute Gasteiger partial charge is 0.471 e. The van der Waals surface area contributed by atoms with E-state index in [1.54, 1.807) is 37.3 Å². The number of urea groups is 1. The van der Waals surface area contributed by atoms with Gasteiger partial charge in [-0.1, -0.05) is 41.4 Å². The van der Waals surface area contributed by atoms with E-state index in [0.717, 1.165) is 5.56 Å². The minimum atomic E-state index is -0.479. The first-order chi connectivity index (χ1) is 10.5. The van der Waals surface area contributed by atoms with Crippen LogP contribution in [0.5, 0.6) is 5.75 Å². The molecular formula is C16H16Cl2N2O2. The first-order valence-corrected chi connectivity index (χ1v) is 7.50. The summed E-state index contributed by atoms with van der Waals surface area (Å²) in [6.07, 6.45) is -0.479. The first kappa shape index (κ1) is 16.5. The zero-order chi connectivity index (χ0) is 15.9. The lowest BCUT2D eigenvalue weighted by molar-refractivity contribution is 0.177. The van der Waals surface area contributed by atoms with Crippen molar-refractivity contribution in [1.29, 1.82) is 0 Å². The summed E-state index contributed by atoms with van der Waals surface area (Å²) in [4.78, 5) is 11.8. The number of ether oxygens (including phenoxy) is 1. The van der Waals surface area contributed by atoms with Crippen molar-refractivity contribution in [3.05, 3.63) is 64.1 Å². The van der Waals surface area contributed by atoms with Gasteiger partial charge < -0.3 is 15.4 Å². The van der Waals surface area contributed by atoms with Crippen molar-refractivity contribution in [3.63, 3.8) is 0 Å². The third kappa shape index (κ3) is 5.13. The fourth-order valence-electron chi connectivity index (χ4n) is 1.80. The Kier molecular flexibility index (Phi) is 5.92. The SMILES string of the molecule is CC(NC(=O)NCc1ccccc1Cl)Oc1ccc(Cl)cc1. The Hall–Kier alpha value is -1.91. The maximum Gasteiger partial charge on any atom is 0.317 e. The molecule has 2 aromatic rings. The van der Waals surface area contributed by atoms with Crippen LogP contribution in [0.15, 0.2) is 48.5 Å². The minimum Gasteiger partial charge on any atom is -0.471 e. The van der Waals surface area contributed by atoms with E-state index in [1.165, 1.54) is 0 Å². The highest BCUT2D eigenvalue weighted by Crippen LogP contribution is 2.16. The predicted octanol–water partition coefficient (Wildman–Crippen LogP) is 4.22. The van der Waals surface area contributed by atoms with Gasteiger partial charge >= 0.3 is 6.03 Å². The normalized spacial score (nSPS) is 11.6. The third-order valence-electron chi connectivity index (χ3n) is 2.86. The van der Waals surface area contributed by atoms with Gasteiger partial charge in [0, 0.05) is 16.6 Å². The summed E-state index contributed by atoms with van der Waals surface area (Å²) in [5.41, 5.74) is 0.852. The summed E-state index contributed by atoms with van der Waals surface area (Å²) < 4.78 is 5.56. The summed E-state index contributed by atoms with van der Waals surface area (Å²) in [5, 5.41) is 6.66. The molecule has 0 heterocycles. The number of hydrogen-bond acceptors (Lipinski definition) is 2. The van der Waals surface area contributed by atoms with Crippen LogP contribution in [0, 0.1) is 0 Å². The molecule has 0 radical (unpaired) electrons. The van der Waals surface area contributed by atoms with E-state index in [-0.39, 0.29) is 6.03 Å². The van der Waals surface area contributed by atoms with Crippen LogP contribution in [0.2, 0.25) is 10.0 Å². The molecule has 0 spiro atoms. The Bertz CT molecular complexity index is 632. The van der Waals surface area contributed by atoms with Crippen molar-refractivity contribution in [2.45, 2.75) is 19.7 Å². The van der Waals surface area contributed by atoms with Gasteiger partial charge in [-0.2, -0.15) is 0 Å². The fourth-order valence-corrected chi connectivity index (χ4v) is 2.13. The van der Waals surface area contributed by atoms with Crippen molar-refractivity contribution < 1.29 is 9.53 Å². The number of hydrogen-bond donors (Lipinski definition) is 2. The van der Waals surface area contributed by atoms with E-state index in [4.69, 9.17) is 27.9 Å². The summed E-state index contributed by atoms with van der Waals surface area (Å²) in [5.74, 6) is 0.628. The van der Waals surface area contributed by atoms with Gasteiger partial charge in [-0.3, -0.25) is 0 Å². The second kappa shape index (κ2) is 7.92. The molecular weight excluding hydrogens is 323 g/mol. The molecule has 116 valence electrons. The maximum absolute atomic E-state index is 11.8. The topological polar surface area (TPSA) is 50.4 Å². The van der Waals surface area contributed by atoms with Gasteiger partial charge in [-0.05, 0) is 42.8 Å². The Morgan fingerprint density at radius 1 is 1.14 bits per heavy atom. The molecule has 0 aromatic heterocycles. The molecule has 2 rings (SSSR count). The highest BCUT2D eigenvalue weighted by Gasteiger charge is 2.09. The summed E-state index contributed by atoms with van der Waals surface area (Å²) >= 11 is 11.8. The fraction of sp³-hybridized carbons (Fsp3) is 0.188. The number of rotatable bonds is 5. The Labute approximate surface area is 139 Å². The minimum absolute atomic E-state index is 0.332. The van der Waals surface area contributed by atoms with Crippen molar-refractivity contribution in [1.82, 2.24) is 10.6 Å². The average Bonchev–Trinajstić information content (AvgIpc) is 2.49. The van der Waals surface area contributed by atoms with Crippen molar-refractivity contribution in [2.75, 3.05) is 0 Å². The standard InChI is InChI=1S/C16H16Cl2N2O2/c1-11(22-14-8-6-13(17)7-9-14)20-16(21)19-10-12-4-2-3-5-15(12)18/h2-9,11H,10H2,1H3,(H2,19,20,21). The van der Waals surface area contributed by atoms with Crippen LogP contribution >= 0.6 is 23.2 Å². The first-order valence-electron chi connectivity index (χ1n) is 6.74. The lowest BCUT2D eigenvalue weighted by atomic mass is 10.2. The van der Waals surface area contributed by atoms with Crippen LogP contribution in [-0.2, 0) is 6.54 Å². The molecule has 2 N–H and O–H groups in total. The molecule has 1 unspecified atom stereocenters. The molecule has 6 heteroatoms. The van der Waals surface area contributed by atoms with E-state index < -0.39 is 6.23 Å². The Morgan fingerprint density at radius 2 is 1.82 bits per heavy atom. The van der Waals surface area contributed by atoms with Crippen LogP contribution in [0.25, 0.3) is 0 Å². The maximum atomic E-state index is 11.8. The lowest BCUT2D eigenvalue weighted by Gasteiger charge is -2.17. The van der Waals surface area contributed by atoms with E-state index in [2.05, 4.69) is 10.6 Å². The number of nitrogens with one attached hydrogen (secondary N) is 2. The second-order valence-corrected chi connectivity index (χ2v) is 5.48. The number of benzene rings is 2. The summed E-state index contributed by atoms with van der Waals surface area (Å²) in [7, 11) is 0. The molecule has 2 aromatic carbocycles. The molecule has 0 aliphatic rings. The lowest BCUT2D eigenvalue weighted by Crippen LogP contribution is -2.43. The van der Waals surface area contributed by atoms with Gasteiger partial charge in [-0.15, -0.1) is 0 Å². The van der Waals surface area contributed by atoms with Crippen LogP contribution in [-0.4, -0.2) is 12.3 Å². The monoisotopic (exact) mass is 338 g/mol. The van der Waals surface area contributed by atoms with E-state index in [0.29, 0.717) is 22.3 Å². The quantitative estimate of drug-likeness (QED) is 0.802. The molecule has 1 atom stereocenters. The van der Waals surface area contributed by atoms with Crippen LogP contribution in [0.1, 0.15) is 12.5 Å². The molecule has 0 aliphatic heterocycles. The number of carbonyl (C=O) groups excluding carboxylic acids is 1. The third-order valence-corrected chi connectivity index (χ3v) is 3.48. The molecule has 0 aliphatic carbocycles. The van der Waals surface area contributed by atoms with Crippen LogP contribution < -0.4 is 15.4 Å². The van der Waals surface area contributed by atoms with E-state index in [9.17, 15) is 4.79 Å². The van der Waals surface area contributed by atoms with Gasteiger partial charge in [0.1, 0.15) is 5.75 Å². The molecule has 0 saturated carbocycles. The van der Waals surface area contributed by atoms with Gasteiger partial charge in [0.05, 0.1) is 0 Å². The number of amides is 2. The Morgan fingerprint density at radius 3 is 2.50 bits per heavy atom. The highest BCUT2D eigenvalue weighted by molar-refractivity contribution is 6.31. The predicted molar refractivity (Wildman–Crippen MR) is 88.4 cm³/mol. The highest BCUT2D eigenvalue weighted by atomic mass is 35.5. The van der Waals surface area contributed by atoms with Crippen molar-refractivity contribution in [3.8, 4) is 5.75 Å². The van der Waals surface area contributed by atoms with Gasteiger partial charge in [0.15, 0.2) is 6.23 Å². The molecule has 22 heavy (non-hydrogen) atoms. The van der Waals surface area contributed by atoms with Gasteiger partial charge in [-0.25, -0.2) is 4.79 Å². The van der Waals surface area contributed by atoms with Gasteiger partial charge in [0.25, 0.3) is 0 Å². The summed E-state index contributed by atoms with van der Waals surface area (Å²) in [6, 6.07) is 13.9.